The molecular formula is C20H18F2N4O. The van der Waals surface area contributed by atoms with E-state index in [1.165, 1.54) is 12.1 Å². The first-order chi connectivity index (χ1) is 13.0. The number of nitriles is 1. The number of anilines is 1. The van der Waals surface area contributed by atoms with E-state index < -0.39 is 17.7 Å². The van der Waals surface area contributed by atoms with Crippen LogP contribution in [-0.4, -0.2) is 30.5 Å². The molecule has 1 N–H and O–H groups in total. The largest absolute Gasteiger partial charge is 0.419 e. The predicted octanol–water partition coefficient (Wildman–Crippen LogP) is 4.21. The van der Waals surface area contributed by atoms with Gasteiger partial charge < -0.3 is 14.6 Å². The number of rotatable bonds is 6. The molecule has 0 fully saturated rings. The highest BCUT2D eigenvalue weighted by Gasteiger charge is 2.21. The van der Waals surface area contributed by atoms with E-state index in [1.807, 2.05) is 36.4 Å². The fraction of sp³-hybridized carbons (Fsp3) is 0.200. The number of oxazole rings is 1. The molecule has 0 bridgehead atoms. The van der Waals surface area contributed by atoms with Crippen LogP contribution in [-0.2, 0) is 0 Å². The zero-order valence-electron chi connectivity index (χ0n) is 14.9. The Morgan fingerprint density at radius 3 is 2.56 bits per heavy atom. The van der Waals surface area contributed by atoms with Crippen molar-refractivity contribution in [3.05, 3.63) is 71.4 Å². The first-order valence-corrected chi connectivity index (χ1v) is 8.31. The maximum atomic E-state index is 14.2. The van der Waals surface area contributed by atoms with Gasteiger partial charge in [0.25, 0.3) is 0 Å². The summed E-state index contributed by atoms with van der Waals surface area (Å²) in [5.41, 5.74) is 1.21. The molecule has 1 heterocycles. The number of likely N-dealkylation sites (N-methyl/N-ethyl adjacent to an activating group) is 1. The van der Waals surface area contributed by atoms with Gasteiger partial charge in [-0.05, 0) is 32.3 Å². The van der Waals surface area contributed by atoms with Gasteiger partial charge in [-0.25, -0.2) is 8.78 Å². The highest BCUT2D eigenvalue weighted by molar-refractivity contribution is 5.58. The first-order valence-electron chi connectivity index (χ1n) is 8.31. The third kappa shape index (κ3) is 4.13. The number of nitrogens with one attached hydrogen (secondary N) is 1. The van der Waals surface area contributed by atoms with E-state index in [4.69, 9.17) is 4.42 Å². The maximum absolute atomic E-state index is 14.2. The lowest BCUT2D eigenvalue weighted by molar-refractivity contribution is 0.302. The van der Waals surface area contributed by atoms with E-state index >= 15 is 0 Å². The molecule has 0 amide bonds. The molecule has 7 heteroatoms. The molecule has 27 heavy (non-hydrogen) atoms. The van der Waals surface area contributed by atoms with E-state index in [0.29, 0.717) is 11.5 Å². The van der Waals surface area contributed by atoms with Gasteiger partial charge >= 0.3 is 0 Å². The van der Waals surface area contributed by atoms with Crippen LogP contribution in [0.1, 0.15) is 17.3 Å². The SMILES string of the molecule is CN(C)[C@@H](CNc1oc(-c2ccccc2)nc1C#N)c1ccc(F)cc1F. The Labute approximate surface area is 155 Å². The van der Waals surface area contributed by atoms with Gasteiger partial charge in [-0.1, -0.05) is 24.3 Å². The predicted molar refractivity (Wildman–Crippen MR) is 97.9 cm³/mol. The van der Waals surface area contributed by atoms with Crippen LogP contribution in [0.2, 0.25) is 0 Å². The van der Waals surface area contributed by atoms with Crippen molar-refractivity contribution < 1.29 is 13.2 Å². The van der Waals surface area contributed by atoms with E-state index in [1.54, 1.807) is 19.0 Å². The van der Waals surface area contributed by atoms with Crippen molar-refractivity contribution >= 4 is 5.88 Å². The van der Waals surface area contributed by atoms with Gasteiger partial charge in [0.1, 0.15) is 17.7 Å². The van der Waals surface area contributed by atoms with E-state index in [2.05, 4.69) is 10.3 Å². The van der Waals surface area contributed by atoms with Gasteiger partial charge in [0.15, 0.2) is 0 Å². The van der Waals surface area contributed by atoms with Crippen LogP contribution in [0.4, 0.5) is 14.7 Å². The third-order valence-corrected chi connectivity index (χ3v) is 4.15. The molecule has 1 aromatic heterocycles. The second kappa shape index (κ2) is 7.98. The molecule has 0 saturated heterocycles. The maximum Gasteiger partial charge on any atom is 0.232 e. The summed E-state index contributed by atoms with van der Waals surface area (Å²) in [7, 11) is 3.58. The monoisotopic (exact) mass is 368 g/mol. The number of hydrogen-bond donors (Lipinski definition) is 1. The summed E-state index contributed by atoms with van der Waals surface area (Å²) in [6, 6.07) is 14.3. The lowest BCUT2D eigenvalue weighted by Crippen LogP contribution is -2.27. The van der Waals surface area contributed by atoms with Crippen molar-refractivity contribution in [2.75, 3.05) is 26.0 Å². The Morgan fingerprint density at radius 1 is 1.19 bits per heavy atom. The average Bonchev–Trinajstić information content (AvgIpc) is 3.07. The average molecular weight is 368 g/mol. The summed E-state index contributed by atoms with van der Waals surface area (Å²) in [6.45, 7) is 0.244. The van der Waals surface area contributed by atoms with Crippen LogP contribution < -0.4 is 5.32 Å². The molecule has 5 nitrogen and oxygen atoms in total. The Balaban J connectivity index is 1.84. The van der Waals surface area contributed by atoms with Crippen LogP contribution in [0, 0.1) is 23.0 Å². The van der Waals surface area contributed by atoms with Crippen LogP contribution >= 0.6 is 0 Å². The zero-order chi connectivity index (χ0) is 19.4. The molecule has 138 valence electrons. The number of benzene rings is 2. The van der Waals surface area contributed by atoms with Crippen molar-refractivity contribution in [1.29, 1.82) is 5.26 Å². The molecular weight excluding hydrogens is 350 g/mol. The Morgan fingerprint density at radius 2 is 1.93 bits per heavy atom. The highest BCUT2D eigenvalue weighted by atomic mass is 19.1. The zero-order valence-corrected chi connectivity index (χ0v) is 14.9. The summed E-state index contributed by atoms with van der Waals surface area (Å²) in [5, 5.41) is 12.3. The van der Waals surface area contributed by atoms with Crippen molar-refractivity contribution in [2.45, 2.75) is 6.04 Å². The summed E-state index contributed by atoms with van der Waals surface area (Å²) in [5.74, 6) is -0.718. The van der Waals surface area contributed by atoms with Crippen LogP contribution in [0.3, 0.4) is 0 Å². The molecule has 3 rings (SSSR count). The van der Waals surface area contributed by atoms with Crippen LogP contribution in [0.5, 0.6) is 0 Å². The molecule has 0 spiro atoms. The molecule has 0 aliphatic rings. The fourth-order valence-corrected chi connectivity index (χ4v) is 2.75. The van der Waals surface area contributed by atoms with Crippen molar-refractivity contribution in [2.24, 2.45) is 0 Å². The quantitative estimate of drug-likeness (QED) is 0.706. The lowest BCUT2D eigenvalue weighted by Gasteiger charge is -2.25. The second-order valence-electron chi connectivity index (χ2n) is 6.20. The van der Waals surface area contributed by atoms with Gasteiger partial charge in [0.05, 0.1) is 6.04 Å². The Bertz CT molecular complexity index is 964. The van der Waals surface area contributed by atoms with E-state index in [9.17, 15) is 14.0 Å². The summed E-state index contributed by atoms with van der Waals surface area (Å²) < 4.78 is 33.1. The number of hydrogen-bond acceptors (Lipinski definition) is 5. The van der Waals surface area contributed by atoms with Crippen LogP contribution in [0.25, 0.3) is 11.5 Å². The van der Waals surface area contributed by atoms with Gasteiger partial charge in [-0.2, -0.15) is 10.2 Å². The molecule has 1 atom stereocenters. The molecule has 0 aliphatic heterocycles. The smallest absolute Gasteiger partial charge is 0.232 e. The Kier molecular flexibility index (Phi) is 5.48. The molecule has 0 aliphatic carbocycles. The number of halogens is 2. The minimum atomic E-state index is -0.629. The van der Waals surface area contributed by atoms with Crippen molar-refractivity contribution in [3.63, 3.8) is 0 Å². The normalized spacial score (nSPS) is 12.0. The van der Waals surface area contributed by atoms with Gasteiger partial charge in [-0.3, -0.25) is 0 Å². The number of aromatic nitrogens is 1. The summed E-state index contributed by atoms with van der Waals surface area (Å²) in [6.07, 6.45) is 0. The molecule has 3 aromatic rings. The summed E-state index contributed by atoms with van der Waals surface area (Å²) >= 11 is 0. The minimum Gasteiger partial charge on any atom is -0.419 e. The van der Waals surface area contributed by atoms with E-state index in [0.717, 1.165) is 11.6 Å². The van der Waals surface area contributed by atoms with Gasteiger partial charge in [0.2, 0.25) is 17.5 Å². The van der Waals surface area contributed by atoms with Crippen molar-refractivity contribution in [1.82, 2.24) is 9.88 Å². The second-order valence-corrected chi connectivity index (χ2v) is 6.20. The highest BCUT2D eigenvalue weighted by Crippen LogP contribution is 2.27. The van der Waals surface area contributed by atoms with Crippen LogP contribution in [0.15, 0.2) is 52.9 Å². The molecule has 2 aromatic carbocycles. The lowest BCUT2D eigenvalue weighted by atomic mass is 10.1. The van der Waals surface area contributed by atoms with Gasteiger partial charge in [-0.15, -0.1) is 0 Å². The van der Waals surface area contributed by atoms with Gasteiger partial charge in [0, 0.05) is 23.7 Å². The molecule has 0 saturated carbocycles. The minimum absolute atomic E-state index is 0.117. The topological polar surface area (TPSA) is 65.1 Å². The standard InChI is InChI=1S/C20H18F2N4O/c1-26(2)18(15-9-8-14(21)10-16(15)22)12-24-20-17(11-23)25-19(27-20)13-6-4-3-5-7-13/h3-10,18,24H,12H2,1-2H3/t18-/m0/s1. The molecule has 0 radical (unpaired) electrons. The fourth-order valence-electron chi connectivity index (χ4n) is 2.75. The first kappa shape index (κ1) is 18.5. The molecule has 0 unspecified atom stereocenters. The van der Waals surface area contributed by atoms with E-state index in [-0.39, 0.29) is 18.1 Å². The number of nitrogens with zero attached hydrogens (tertiary/aromatic N) is 3. The third-order valence-electron chi connectivity index (χ3n) is 4.15. The Hall–Kier alpha value is -3.24. The van der Waals surface area contributed by atoms with Crippen molar-refractivity contribution in [3.8, 4) is 17.5 Å². The summed E-state index contributed by atoms with van der Waals surface area (Å²) in [4.78, 5) is 5.99.